The number of imide groups is 2. The Hall–Kier alpha value is -2.77. The van der Waals surface area contributed by atoms with Gasteiger partial charge < -0.3 is 4.74 Å². The highest BCUT2D eigenvalue weighted by molar-refractivity contribution is 6.45. The topological polar surface area (TPSA) is 84.0 Å². The van der Waals surface area contributed by atoms with Crippen molar-refractivity contribution in [1.29, 1.82) is 0 Å². The van der Waals surface area contributed by atoms with Crippen LogP contribution in [0.25, 0.3) is 0 Å². The zero-order valence-corrected chi connectivity index (χ0v) is 12.8. The SMILES string of the molecule is COc1ccc(C(=O)CN2C(=O)C(=O)N(C(C)C)C2=O)cc1F. The highest BCUT2D eigenvalue weighted by Gasteiger charge is 2.46. The van der Waals surface area contributed by atoms with Crippen LogP contribution in [-0.4, -0.2) is 53.1 Å². The minimum Gasteiger partial charge on any atom is -0.494 e. The zero-order chi connectivity index (χ0) is 17.3. The third-order valence-corrected chi connectivity index (χ3v) is 3.38. The van der Waals surface area contributed by atoms with Crippen LogP contribution in [0.4, 0.5) is 9.18 Å². The van der Waals surface area contributed by atoms with Crippen LogP contribution < -0.4 is 4.74 Å². The maximum absolute atomic E-state index is 13.6. The van der Waals surface area contributed by atoms with Gasteiger partial charge in [-0.2, -0.15) is 0 Å². The van der Waals surface area contributed by atoms with E-state index in [4.69, 9.17) is 4.74 Å². The van der Waals surface area contributed by atoms with Gasteiger partial charge in [0.25, 0.3) is 0 Å². The largest absolute Gasteiger partial charge is 0.494 e. The van der Waals surface area contributed by atoms with Gasteiger partial charge in [0.1, 0.15) is 0 Å². The van der Waals surface area contributed by atoms with Crippen molar-refractivity contribution in [2.45, 2.75) is 19.9 Å². The Balaban J connectivity index is 2.20. The Bertz CT molecular complexity index is 701. The summed E-state index contributed by atoms with van der Waals surface area (Å²) in [5.41, 5.74) is -0.0284. The second-order valence-corrected chi connectivity index (χ2v) is 5.22. The lowest BCUT2D eigenvalue weighted by atomic mass is 10.1. The fourth-order valence-corrected chi connectivity index (χ4v) is 2.19. The van der Waals surface area contributed by atoms with E-state index in [1.54, 1.807) is 13.8 Å². The molecule has 0 bridgehead atoms. The second-order valence-electron chi connectivity index (χ2n) is 5.22. The van der Waals surface area contributed by atoms with Crippen LogP contribution in [0.5, 0.6) is 5.75 Å². The average molecular weight is 322 g/mol. The first kappa shape index (κ1) is 16.6. The van der Waals surface area contributed by atoms with E-state index in [-0.39, 0.29) is 11.3 Å². The first-order chi connectivity index (χ1) is 10.8. The number of nitrogens with zero attached hydrogens (tertiary/aromatic N) is 2. The number of rotatable bonds is 5. The van der Waals surface area contributed by atoms with Crippen molar-refractivity contribution >= 4 is 23.6 Å². The molecule has 4 amide bonds. The summed E-state index contributed by atoms with van der Waals surface area (Å²) in [7, 11) is 1.29. The molecule has 0 N–H and O–H groups in total. The van der Waals surface area contributed by atoms with Gasteiger partial charge in [0.15, 0.2) is 17.3 Å². The van der Waals surface area contributed by atoms with E-state index in [9.17, 15) is 23.6 Å². The minimum atomic E-state index is -1.06. The predicted molar refractivity (Wildman–Crippen MR) is 76.4 cm³/mol. The van der Waals surface area contributed by atoms with Crippen LogP contribution in [0.1, 0.15) is 24.2 Å². The molecule has 0 unspecified atom stereocenters. The molecule has 122 valence electrons. The van der Waals surface area contributed by atoms with Gasteiger partial charge in [-0.15, -0.1) is 0 Å². The van der Waals surface area contributed by atoms with E-state index in [0.717, 1.165) is 11.0 Å². The van der Waals surface area contributed by atoms with Crippen molar-refractivity contribution in [3.05, 3.63) is 29.6 Å². The first-order valence-corrected chi connectivity index (χ1v) is 6.83. The summed E-state index contributed by atoms with van der Waals surface area (Å²) in [6, 6.07) is 2.18. The van der Waals surface area contributed by atoms with Crippen LogP contribution >= 0.6 is 0 Å². The third-order valence-electron chi connectivity index (χ3n) is 3.38. The summed E-state index contributed by atoms with van der Waals surface area (Å²) in [6.45, 7) is 2.53. The number of amides is 4. The van der Waals surface area contributed by atoms with Crippen LogP contribution in [0.2, 0.25) is 0 Å². The fraction of sp³-hybridized carbons (Fsp3) is 0.333. The van der Waals surface area contributed by atoms with Gasteiger partial charge in [0, 0.05) is 11.6 Å². The van der Waals surface area contributed by atoms with E-state index in [1.807, 2.05) is 0 Å². The van der Waals surface area contributed by atoms with Crippen molar-refractivity contribution in [1.82, 2.24) is 9.80 Å². The number of halogens is 1. The van der Waals surface area contributed by atoms with E-state index in [2.05, 4.69) is 0 Å². The lowest BCUT2D eigenvalue weighted by Crippen LogP contribution is -2.39. The molecule has 0 aliphatic carbocycles. The van der Waals surface area contributed by atoms with E-state index >= 15 is 0 Å². The van der Waals surface area contributed by atoms with Crippen molar-refractivity contribution in [2.75, 3.05) is 13.7 Å². The number of Topliss-reactive ketones (excluding diaryl/α,β-unsaturated/α-hetero) is 1. The van der Waals surface area contributed by atoms with Gasteiger partial charge in [-0.1, -0.05) is 0 Å². The molecule has 1 aromatic carbocycles. The van der Waals surface area contributed by atoms with Crippen LogP contribution in [-0.2, 0) is 9.59 Å². The molecule has 0 saturated carbocycles. The Morgan fingerprint density at radius 3 is 2.35 bits per heavy atom. The number of urea groups is 1. The van der Waals surface area contributed by atoms with Gasteiger partial charge >= 0.3 is 17.8 Å². The molecule has 0 aromatic heterocycles. The Kier molecular flexibility index (Phi) is 4.44. The maximum atomic E-state index is 13.6. The van der Waals surface area contributed by atoms with Crippen LogP contribution in [0.15, 0.2) is 18.2 Å². The lowest BCUT2D eigenvalue weighted by Gasteiger charge is -2.18. The molecule has 8 heteroatoms. The lowest BCUT2D eigenvalue weighted by molar-refractivity contribution is -0.143. The molecule has 0 atom stereocenters. The zero-order valence-electron chi connectivity index (χ0n) is 12.8. The summed E-state index contributed by atoms with van der Waals surface area (Å²) < 4.78 is 18.4. The molecule has 1 heterocycles. The van der Waals surface area contributed by atoms with Gasteiger partial charge in [-0.3, -0.25) is 19.3 Å². The molecule has 2 rings (SSSR count). The summed E-state index contributed by atoms with van der Waals surface area (Å²) in [5, 5.41) is 0. The Morgan fingerprint density at radius 1 is 1.22 bits per heavy atom. The molecule has 1 fully saturated rings. The molecular weight excluding hydrogens is 307 g/mol. The number of carbonyl (C=O) groups excluding carboxylic acids is 4. The normalized spacial score (nSPS) is 14.9. The van der Waals surface area contributed by atoms with Crippen molar-refractivity contribution in [3.63, 3.8) is 0 Å². The van der Waals surface area contributed by atoms with Gasteiger partial charge in [0.2, 0.25) is 0 Å². The summed E-state index contributed by atoms with van der Waals surface area (Å²) in [5.74, 6) is -3.47. The van der Waals surface area contributed by atoms with Crippen LogP contribution in [0, 0.1) is 5.82 Å². The monoisotopic (exact) mass is 322 g/mol. The van der Waals surface area contributed by atoms with Gasteiger partial charge in [-0.25, -0.2) is 14.1 Å². The number of benzene rings is 1. The second kappa shape index (κ2) is 6.15. The molecule has 1 aliphatic heterocycles. The van der Waals surface area contributed by atoms with E-state index < -0.39 is 42.0 Å². The van der Waals surface area contributed by atoms with Gasteiger partial charge in [-0.05, 0) is 32.0 Å². The molecule has 23 heavy (non-hydrogen) atoms. The molecule has 1 aromatic rings. The standard InChI is InChI=1S/C15H15FN2O5/c1-8(2)18-14(21)13(20)17(15(18)22)7-11(19)9-4-5-12(23-3)10(16)6-9/h4-6,8H,7H2,1-3H3. The minimum absolute atomic E-state index is 0.0284. The number of methoxy groups -OCH3 is 1. The molecule has 7 nitrogen and oxygen atoms in total. The molecule has 1 saturated heterocycles. The predicted octanol–water partition coefficient (Wildman–Crippen LogP) is 1.22. The highest BCUT2D eigenvalue weighted by Crippen LogP contribution is 2.20. The third kappa shape index (κ3) is 2.92. The van der Waals surface area contributed by atoms with Crippen molar-refractivity contribution < 1.29 is 28.3 Å². The van der Waals surface area contributed by atoms with Crippen LogP contribution in [0.3, 0.4) is 0 Å². The number of hydrogen-bond donors (Lipinski definition) is 0. The Morgan fingerprint density at radius 2 is 1.87 bits per heavy atom. The number of ether oxygens (including phenoxy) is 1. The maximum Gasteiger partial charge on any atom is 0.334 e. The summed E-state index contributed by atoms with van der Waals surface area (Å²) in [6.07, 6.45) is 0. The average Bonchev–Trinajstić information content (AvgIpc) is 2.70. The summed E-state index contributed by atoms with van der Waals surface area (Å²) >= 11 is 0. The van der Waals surface area contributed by atoms with Crippen molar-refractivity contribution in [3.8, 4) is 5.75 Å². The number of hydrogen-bond acceptors (Lipinski definition) is 5. The molecular formula is C15H15FN2O5. The Labute approximate surface area is 131 Å². The smallest absolute Gasteiger partial charge is 0.334 e. The summed E-state index contributed by atoms with van der Waals surface area (Å²) in [4.78, 5) is 49.1. The fourth-order valence-electron chi connectivity index (χ4n) is 2.19. The first-order valence-electron chi connectivity index (χ1n) is 6.83. The molecule has 1 aliphatic rings. The number of ketones is 1. The van der Waals surface area contributed by atoms with Crippen molar-refractivity contribution in [2.24, 2.45) is 0 Å². The van der Waals surface area contributed by atoms with E-state index in [0.29, 0.717) is 4.90 Å². The quantitative estimate of drug-likeness (QED) is 0.462. The molecule has 0 radical (unpaired) electrons. The molecule has 0 spiro atoms. The highest BCUT2D eigenvalue weighted by atomic mass is 19.1. The van der Waals surface area contributed by atoms with E-state index in [1.165, 1.54) is 19.2 Å². The van der Waals surface area contributed by atoms with Gasteiger partial charge in [0.05, 0.1) is 13.7 Å². The number of carbonyl (C=O) groups is 4.